The van der Waals surface area contributed by atoms with Crippen molar-refractivity contribution < 1.29 is 9.59 Å². The predicted octanol–water partition coefficient (Wildman–Crippen LogP) is 7.29. The first kappa shape index (κ1) is 40.8. The molecular formula is C37H75N5O2. The Kier molecular flexibility index (Phi) is 21.5. The summed E-state index contributed by atoms with van der Waals surface area (Å²) >= 11 is 0. The molecular weight excluding hydrogens is 546 g/mol. The lowest BCUT2D eigenvalue weighted by Gasteiger charge is -2.29. The van der Waals surface area contributed by atoms with Crippen LogP contribution in [0.25, 0.3) is 0 Å². The van der Waals surface area contributed by atoms with Crippen LogP contribution in [0.4, 0.5) is 0 Å². The van der Waals surface area contributed by atoms with Crippen LogP contribution < -0.4 is 0 Å². The predicted molar refractivity (Wildman–Crippen MR) is 189 cm³/mol. The van der Waals surface area contributed by atoms with Gasteiger partial charge in [-0.15, -0.1) is 0 Å². The molecule has 260 valence electrons. The Bertz CT molecular complexity index is 684. The van der Waals surface area contributed by atoms with E-state index in [2.05, 4.69) is 83.9 Å². The molecule has 44 heavy (non-hydrogen) atoms. The minimum absolute atomic E-state index is 0.324. The van der Waals surface area contributed by atoms with Crippen molar-refractivity contribution in [3.63, 3.8) is 0 Å². The summed E-state index contributed by atoms with van der Waals surface area (Å²) in [5.41, 5.74) is 0. The van der Waals surface area contributed by atoms with Crippen molar-refractivity contribution in [1.29, 1.82) is 0 Å². The number of hydrogen-bond donors (Lipinski definition) is 0. The first-order valence-corrected chi connectivity index (χ1v) is 18.7. The molecule has 0 bridgehead atoms. The van der Waals surface area contributed by atoms with E-state index >= 15 is 0 Å². The molecule has 5 aliphatic heterocycles. The largest absolute Gasteiger partial charge is 0.340 e. The van der Waals surface area contributed by atoms with Crippen LogP contribution in [0.3, 0.4) is 0 Å². The van der Waals surface area contributed by atoms with Crippen LogP contribution in [-0.2, 0) is 9.59 Å². The second-order valence-electron chi connectivity index (χ2n) is 14.8. The molecule has 5 fully saturated rings. The van der Waals surface area contributed by atoms with Crippen LogP contribution in [0.15, 0.2) is 0 Å². The van der Waals surface area contributed by atoms with Crippen molar-refractivity contribution in [1.82, 2.24) is 24.5 Å². The van der Waals surface area contributed by atoms with E-state index in [4.69, 9.17) is 0 Å². The van der Waals surface area contributed by atoms with E-state index < -0.39 is 0 Å². The minimum atomic E-state index is 0.324. The first-order chi connectivity index (χ1) is 20.8. The lowest BCUT2D eigenvalue weighted by molar-refractivity contribution is -0.129. The van der Waals surface area contributed by atoms with Gasteiger partial charge in [0.15, 0.2) is 0 Å². The molecule has 5 rings (SSSR count). The SMILES string of the molecule is CC(C)N1CCCC1.CC(C)N1CCCC1=O.CC(C)N1CCCC1=O.CC(C)N1CCCCC1.CC(C)N1CCCCC1. The zero-order chi connectivity index (χ0) is 33.1. The summed E-state index contributed by atoms with van der Waals surface area (Å²) in [6.07, 6.45) is 15.0. The maximum absolute atomic E-state index is 10.9. The van der Waals surface area contributed by atoms with Crippen molar-refractivity contribution in [2.24, 2.45) is 0 Å². The number of rotatable bonds is 5. The van der Waals surface area contributed by atoms with Crippen LogP contribution in [-0.4, -0.2) is 119 Å². The highest BCUT2D eigenvalue weighted by atomic mass is 16.2. The zero-order valence-corrected chi connectivity index (χ0v) is 31.1. The quantitative estimate of drug-likeness (QED) is 0.323. The summed E-state index contributed by atoms with van der Waals surface area (Å²) in [6.45, 7) is 31.8. The fourth-order valence-electron chi connectivity index (χ4n) is 6.56. The third kappa shape index (κ3) is 16.9. The van der Waals surface area contributed by atoms with Gasteiger partial charge in [0.05, 0.1) is 0 Å². The van der Waals surface area contributed by atoms with Gasteiger partial charge in [0, 0.05) is 56.1 Å². The van der Waals surface area contributed by atoms with Gasteiger partial charge in [-0.2, -0.15) is 0 Å². The normalized spacial score (nSPS) is 21.7. The topological polar surface area (TPSA) is 50.3 Å². The monoisotopic (exact) mass is 622 g/mol. The number of nitrogens with zero attached hydrogens (tertiary/aromatic N) is 5. The average Bonchev–Trinajstić information content (AvgIpc) is 3.78. The molecule has 0 aliphatic carbocycles. The summed E-state index contributed by atoms with van der Waals surface area (Å²) in [7, 11) is 0. The average molecular weight is 622 g/mol. The van der Waals surface area contributed by atoms with Gasteiger partial charge in [-0.1, -0.05) is 12.8 Å². The molecule has 7 nitrogen and oxygen atoms in total. The van der Waals surface area contributed by atoms with Crippen LogP contribution in [0.5, 0.6) is 0 Å². The van der Waals surface area contributed by atoms with E-state index in [-0.39, 0.29) is 0 Å². The van der Waals surface area contributed by atoms with E-state index in [0.29, 0.717) is 23.9 Å². The van der Waals surface area contributed by atoms with Crippen molar-refractivity contribution >= 4 is 11.8 Å². The number of carbonyl (C=O) groups excluding carboxylic acids is 2. The maximum atomic E-state index is 10.9. The molecule has 0 aromatic heterocycles. The number of carbonyl (C=O) groups is 2. The van der Waals surface area contributed by atoms with Crippen LogP contribution in [0.2, 0.25) is 0 Å². The molecule has 0 atom stereocenters. The molecule has 0 aromatic carbocycles. The summed E-state index contributed by atoms with van der Waals surface area (Å²) in [5.74, 6) is 0.648. The molecule has 0 saturated carbocycles. The number of amides is 2. The first-order valence-electron chi connectivity index (χ1n) is 18.7. The lowest BCUT2D eigenvalue weighted by Crippen LogP contribution is -2.35. The van der Waals surface area contributed by atoms with Gasteiger partial charge in [-0.25, -0.2) is 0 Å². The highest BCUT2D eigenvalue weighted by Crippen LogP contribution is 2.14. The maximum Gasteiger partial charge on any atom is 0.222 e. The Morgan fingerprint density at radius 2 is 0.591 bits per heavy atom. The third-order valence-corrected chi connectivity index (χ3v) is 9.58. The van der Waals surface area contributed by atoms with E-state index in [0.717, 1.165) is 56.9 Å². The van der Waals surface area contributed by atoms with Gasteiger partial charge >= 0.3 is 0 Å². The summed E-state index contributed by atoms with van der Waals surface area (Å²) in [6, 6.07) is 3.12. The van der Waals surface area contributed by atoms with Crippen molar-refractivity contribution in [2.45, 2.75) is 176 Å². The molecule has 5 saturated heterocycles. The molecule has 0 aromatic rings. The molecule has 0 spiro atoms. The molecule has 0 unspecified atom stereocenters. The second-order valence-corrected chi connectivity index (χ2v) is 14.8. The second kappa shape index (κ2) is 23.2. The van der Waals surface area contributed by atoms with Gasteiger partial charge in [0.2, 0.25) is 11.8 Å². The standard InChI is InChI=1S/2C8H17N.2C7H13NO.C7H15N/c2*1-8(2)9-6-4-3-5-7-9;2*1-6(2)8-5-3-4-7(8)9;1-7(2)8-5-3-4-6-8/h2*8H,3-7H2,1-2H3;2*6H,3-5H2,1-2H3;7H,3-6H2,1-2H3. The molecule has 0 N–H and O–H groups in total. The Labute approximate surface area is 274 Å². The highest BCUT2D eigenvalue weighted by molar-refractivity contribution is 5.78. The fourth-order valence-corrected chi connectivity index (χ4v) is 6.56. The Hall–Kier alpha value is -1.18. The highest BCUT2D eigenvalue weighted by Gasteiger charge is 2.22. The van der Waals surface area contributed by atoms with E-state index in [1.807, 2.05) is 9.80 Å². The summed E-state index contributed by atoms with van der Waals surface area (Å²) < 4.78 is 0. The van der Waals surface area contributed by atoms with Crippen LogP contribution in [0, 0.1) is 0 Å². The Balaban J connectivity index is 0.000000275. The van der Waals surface area contributed by atoms with Gasteiger partial charge in [-0.05, 0) is 160 Å². The summed E-state index contributed by atoms with van der Waals surface area (Å²) in [4.78, 5) is 33.4. The van der Waals surface area contributed by atoms with Crippen LogP contribution in [0.1, 0.15) is 146 Å². The smallest absolute Gasteiger partial charge is 0.222 e. The van der Waals surface area contributed by atoms with Crippen molar-refractivity contribution in [3.8, 4) is 0 Å². The zero-order valence-electron chi connectivity index (χ0n) is 31.1. The number of likely N-dealkylation sites (tertiary alicyclic amines) is 5. The molecule has 0 radical (unpaired) electrons. The minimum Gasteiger partial charge on any atom is -0.340 e. The molecule has 5 aliphatic rings. The number of hydrogen-bond acceptors (Lipinski definition) is 5. The van der Waals surface area contributed by atoms with Gasteiger partial charge in [0.1, 0.15) is 0 Å². The van der Waals surface area contributed by atoms with Gasteiger partial charge in [0.25, 0.3) is 0 Å². The van der Waals surface area contributed by atoms with E-state index in [9.17, 15) is 9.59 Å². The fraction of sp³-hybridized carbons (Fsp3) is 0.946. The lowest BCUT2D eigenvalue weighted by atomic mass is 10.1. The van der Waals surface area contributed by atoms with Gasteiger partial charge in [-0.3, -0.25) is 9.59 Å². The van der Waals surface area contributed by atoms with Gasteiger partial charge < -0.3 is 24.5 Å². The number of piperidine rings is 2. The third-order valence-electron chi connectivity index (χ3n) is 9.58. The Morgan fingerprint density at radius 1 is 0.341 bits per heavy atom. The van der Waals surface area contributed by atoms with Crippen LogP contribution >= 0.6 is 0 Å². The summed E-state index contributed by atoms with van der Waals surface area (Å²) in [5, 5.41) is 0. The molecule has 7 heteroatoms. The van der Waals surface area contributed by atoms with Crippen molar-refractivity contribution in [2.75, 3.05) is 52.4 Å². The van der Waals surface area contributed by atoms with E-state index in [1.165, 1.54) is 90.6 Å². The Morgan fingerprint density at radius 3 is 0.727 bits per heavy atom. The molecule has 2 amide bonds. The van der Waals surface area contributed by atoms with Crippen molar-refractivity contribution in [3.05, 3.63) is 0 Å². The molecule has 5 heterocycles. The van der Waals surface area contributed by atoms with E-state index in [1.54, 1.807) is 0 Å².